The molecule has 1 aromatic heterocycles. The van der Waals surface area contributed by atoms with Gasteiger partial charge in [0.25, 0.3) is 5.91 Å². The predicted molar refractivity (Wildman–Crippen MR) is 170 cm³/mol. The fourth-order valence-electron chi connectivity index (χ4n) is 7.35. The summed E-state index contributed by atoms with van der Waals surface area (Å²) < 4.78 is 15.8. The summed E-state index contributed by atoms with van der Waals surface area (Å²) in [6, 6.07) is 21.5. The highest BCUT2D eigenvalue weighted by molar-refractivity contribution is 6.31. The lowest BCUT2D eigenvalue weighted by Gasteiger charge is -2.39. The molecule has 0 radical (unpaired) electrons. The average molecular weight is 600 g/mol. The van der Waals surface area contributed by atoms with E-state index in [9.17, 15) is 14.0 Å². The van der Waals surface area contributed by atoms with Gasteiger partial charge in [0, 0.05) is 55.3 Å². The molecule has 3 atom stereocenters. The minimum Gasteiger partial charge on any atom is -0.348 e. The zero-order chi connectivity index (χ0) is 29.9. The number of ketones is 1. The first-order chi connectivity index (χ1) is 20.9. The normalized spacial score (nSPS) is 20.0. The van der Waals surface area contributed by atoms with Crippen molar-refractivity contribution in [2.45, 2.75) is 77.0 Å². The zero-order valence-corrected chi connectivity index (χ0v) is 25.5. The van der Waals surface area contributed by atoms with Gasteiger partial charge in [-0.15, -0.1) is 0 Å². The minimum atomic E-state index is -0.494. The van der Waals surface area contributed by atoms with E-state index in [2.05, 4.69) is 39.9 Å². The van der Waals surface area contributed by atoms with Gasteiger partial charge in [0.1, 0.15) is 5.82 Å². The number of Topliss-reactive ketones (excluding diaryl/α,β-unsaturated/α-hetero) is 1. The van der Waals surface area contributed by atoms with Crippen LogP contribution in [0.3, 0.4) is 0 Å². The number of halogens is 2. The first-order valence-electron chi connectivity index (χ1n) is 15.6. The van der Waals surface area contributed by atoms with E-state index in [1.54, 1.807) is 6.07 Å². The summed E-state index contributed by atoms with van der Waals surface area (Å²) in [4.78, 5) is 28.9. The summed E-state index contributed by atoms with van der Waals surface area (Å²) in [5.41, 5.74) is 4.73. The third-order valence-electron chi connectivity index (χ3n) is 9.42. The van der Waals surface area contributed by atoms with E-state index in [0.717, 1.165) is 60.8 Å². The number of benzene rings is 3. The van der Waals surface area contributed by atoms with Crippen molar-refractivity contribution in [2.24, 2.45) is 5.92 Å². The van der Waals surface area contributed by atoms with Crippen molar-refractivity contribution in [1.82, 2.24) is 14.8 Å². The van der Waals surface area contributed by atoms with Crippen molar-refractivity contribution in [3.05, 3.63) is 106 Å². The highest BCUT2D eigenvalue weighted by Crippen LogP contribution is 2.40. The highest BCUT2D eigenvalue weighted by Gasteiger charge is 2.40. The number of carbonyl (C=O) groups excluding carboxylic acids is 2. The fraction of sp³-hybridized carbons (Fsp3) is 0.389. The van der Waals surface area contributed by atoms with Crippen LogP contribution in [0.5, 0.6) is 0 Å². The molecule has 5 nitrogen and oxygen atoms in total. The van der Waals surface area contributed by atoms with E-state index in [1.165, 1.54) is 30.5 Å². The van der Waals surface area contributed by atoms with Crippen LogP contribution < -0.4 is 5.32 Å². The van der Waals surface area contributed by atoms with Crippen LogP contribution in [-0.2, 0) is 19.5 Å². The van der Waals surface area contributed by atoms with E-state index in [0.29, 0.717) is 36.5 Å². The highest BCUT2D eigenvalue weighted by atomic mass is 35.5. The standard InChI is InChI=1S/C36H39ClFN3O2/c1-2-26-10-6-11-30-31(36(43)39-22-24-8-4-3-5-9-24)23-40(35(26)30)16-7-17-41-28-13-14-29(41)19-25(18-28)20-34(42)27-12-15-33(38)32(37)21-27/h3-6,8-12,15,21,23,25,28-29H,2,7,13-14,16-20,22H2,1H3,(H,39,43)/t25-,28+,29-. The summed E-state index contributed by atoms with van der Waals surface area (Å²) in [5, 5.41) is 4.13. The molecule has 0 unspecified atom stereocenters. The number of para-hydroxylation sites is 1. The van der Waals surface area contributed by atoms with Crippen LogP contribution in [0.4, 0.5) is 4.39 Å². The molecule has 43 heavy (non-hydrogen) atoms. The van der Waals surface area contributed by atoms with Gasteiger partial charge in [-0.2, -0.15) is 0 Å². The van der Waals surface area contributed by atoms with Crippen LogP contribution in [0.25, 0.3) is 10.9 Å². The van der Waals surface area contributed by atoms with Crippen LogP contribution in [-0.4, -0.2) is 39.8 Å². The number of piperidine rings is 1. The molecular weight excluding hydrogens is 561 g/mol. The zero-order valence-electron chi connectivity index (χ0n) is 24.7. The molecule has 4 aromatic rings. The molecule has 2 saturated heterocycles. The molecule has 3 aromatic carbocycles. The van der Waals surface area contributed by atoms with Crippen LogP contribution in [0, 0.1) is 11.7 Å². The van der Waals surface area contributed by atoms with Crippen LogP contribution in [0.15, 0.2) is 72.9 Å². The number of hydrogen-bond donors (Lipinski definition) is 1. The molecule has 1 N–H and O–H groups in total. The van der Waals surface area contributed by atoms with Crippen molar-refractivity contribution in [1.29, 1.82) is 0 Å². The second-order valence-electron chi connectivity index (χ2n) is 12.1. The summed E-state index contributed by atoms with van der Waals surface area (Å²) >= 11 is 5.92. The Labute approximate surface area is 258 Å². The number of aromatic nitrogens is 1. The lowest BCUT2D eigenvalue weighted by molar-refractivity contribution is 0.0807. The van der Waals surface area contributed by atoms with Gasteiger partial charge in [-0.25, -0.2) is 4.39 Å². The van der Waals surface area contributed by atoms with E-state index in [-0.39, 0.29) is 16.7 Å². The first kappa shape index (κ1) is 29.6. The third-order valence-corrected chi connectivity index (χ3v) is 9.71. The first-order valence-corrected chi connectivity index (χ1v) is 16.0. The largest absolute Gasteiger partial charge is 0.348 e. The number of rotatable bonds is 11. The Bertz CT molecular complexity index is 1600. The number of amides is 1. The molecule has 6 rings (SSSR count). The Hall–Kier alpha value is -3.48. The Morgan fingerprint density at radius 2 is 1.74 bits per heavy atom. The second-order valence-corrected chi connectivity index (χ2v) is 12.5. The van der Waals surface area contributed by atoms with E-state index in [1.807, 2.05) is 36.5 Å². The van der Waals surface area contributed by atoms with Crippen molar-refractivity contribution in [2.75, 3.05) is 6.54 Å². The number of hydrogen-bond acceptors (Lipinski definition) is 3. The number of fused-ring (bicyclic) bond motifs is 3. The summed E-state index contributed by atoms with van der Waals surface area (Å²) in [6.07, 6.45) is 8.84. The SMILES string of the molecule is CCc1cccc2c(C(=O)NCc3ccccc3)cn(CCCN3[C@@H]4CC[C@H]3C[C@@H](CC(=O)c3ccc(F)c(Cl)c3)C4)c12. The molecule has 3 heterocycles. The molecule has 2 aliphatic heterocycles. The fourth-order valence-corrected chi connectivity index (χ4v) is 7.53. The maximum absolute atomic E-state index is 13.6. The van der Waals surface area contributed by atoms with E-state index >= 15 is 0 Å². The molecule has 0 aliphatic carbocycles. The van der Waals surface area contributed by atoms with Crippen molar-refractivity contribution < 1.29 is 14.0 Å². The average Bonchev–Trinajstić information content (AvgIpc) is 3.51. The van der Waals surface area contributed by atoms with E-state index < -0.39 is 5.82 Å². The summed E-state index contributed by atoms with van der Waals surface area (Å²) in [5.74, 6) is -0.138. The molecule has 1 amide bonds. The quantitative estimate of drug-likeness (QED) is 0.179. The molecule has 2 bridgehead atoms. The van der Waals surface area contributed by atoms with Crippen molar-refractivity contribution in [3.8, 4) is 0 Å². The number of nitrogens with zero attached hydrogens (tertiary/aromatic N) is 2. The Kier molecular flexibility index (Phi) is 8.96. The Morgan fingerprint density at radius 3 is 2.47 bits per heavy atom. The van der Waals surface area contributed by atoms with Gasteiger partial charge < -0.3 is 9.88 Å². The monoisotopic (exact) mass is 599 g/mol. The second kappa shape index (κ2) is 13.0. The maximum Gasteiger partial charge on any atom is 0.253 e. The molecule has 7 heteroatoms. The minimum absolute atomic E-state index is 0.00204. The lowest BCUT2D eigenvalue weighted by Crippen LogP contribution is -2.43. The van der Waals surface area contributed by atoms with Gasteiger partial charge in [-0.1, -0.05) is 67.1 Å². The molecular formula is C36H39ClFN3O2. The number of carbonyl (C=O) groups is 2. The van der Waals surface area contributed by atoms with E-state index in [4.69, 9.17) is 11.6 Å². The van der Waals surface area contributed by atoms with Gasteiger partial charge in [0.05, 0.1) is 16.1 Å². The van der Waals surface area contributed by atoms with Gasteiger partial charge in [0.15, 0.2) is 5.78 Å². The third kappa shape index (κ3) is 6.41. The van der Waals surface area contributed by atoms with Crippen LogP contribution in [0.2, 0.25) is 5.02 Å². The summed E-state index contributed by atoms with van der Waals surface area (Å²) in [7, 11) is 0. The van der Waals surface area contributed by atoms with Crippen molar-refractivity contribution in [3.63, 3.8) is 0 Å². The van der Waals surface area contributed by atoms with Gasteiger partial charge in [-0.3, -0.25) is 14.5 Å². The molecule has 0 saturated carbocycles. The maximum atomic E-state index is 13.6. The summed E-state index contributed by atoms with van der Waals surface area (Å²) in [6.45, 7) is 4.52. The van der Waals surface area contributed by atoms with Gasteiger partial charge in [-0.05, 0) is 73.8 Å². The molecule has 2 aliphatic rings. The lowest BCUT2D eigenvalue weighted by atomic mass is 9.85. The number of nitrogens with one attached hydrogen (secondary N) is 1. The van der Waals surface area contributed by atoms with Crippen molar-refractivity contribution >= 4 is 34.2 Å². The molecule has 224 valence electrons. The Balaban J connectivity index is 1.09. The van der Waals surface area contributed by atoms with Gasteiger partial charge >= 0.3 is 0 Å². The molecule has 0 spiro atoms. The van der Waals surface area contributed by atoms with Crippen LogP contribution >= 0.6 is 11.6 Å². The Morgan fingerprint density at radius 1 is 0.977 bits per heavy atom. The number of aryl methyl sites for hydroxylation is 2. The predicted octanol–water partition coefficient (Wildman–Crippen LogP) is 7.83. The topological polar surface area (TPSA) is 54.3 Å². The molecule has 2 fully saturated rings. The van der Waals surface area contributed by atoms with Gasteiger partial charge in [0.2, 0.25) is 0 Å². The smallest absolute Gasteiger partial charge is 0.253 e. The van der Waals surface area contributed by atoms with Crippen LogP contribution in [0.1, 0.15) is 77.3 Å².